The molecule has 1 saturated heterocycles. The molecule has 1 fully saturated rings. The standard InChI is InChI=1S/C20H24N4O3/c1-4-18-21-16(12-26-18)19-15-11-13(5-6-17(15)27-22-19)20(25)24-9-7-14(8-10-24)23(2)3/h5-6,11-12,14H,4,7-10H2,1-3H3. The second-order valence-corrected chi connectivity index (χ2v) is 7.21. The molecule has 1 aromatic carbocycles. The van der Waals surface area contributed by atoms with Crippen molar-refractivity contribution < 1.29 is 13.7 Å². The summed E-state index contributed by atoms with van der Waals surface area (Å²) in [5.74, 6) is 0.702. The Balaban J connectivity index is 1.59. The first-order chi connectivity index (χ1) is 13.1. The van der Waals surface area contributed by atoms with Crippen LogP contribution in [0.25, 0.3) is 22.4 Å². The van der Waals surface area contributed by atoms with E-state index in [1.807, 2.05) is 17.9 Å². The minimum atomic E-state index is 0.0515. The van der Waals surface area contributed by atoms with Crippen molar-refractivity contribution in [3.05, 3.63) is 35.9 Å². The van der Waals surface area contributed by atoms with E-state index in [1.54, 1.807) is 18.4 Å². The number of carbonyl (C=O) groups excluding carboxylic acids is 1. The topological polar surface area (TPSA) is 75.6 Å². The van der Waals surface area contributed by atoms with Gasteiger partial charge in [-0.25, -0.2) is 4.98 Å². The third kappa shape index (κ3) is 3.35. The Morgan fingerprint density at radius 2 is 2.07 bits per heavy atom. The number of likely N-dealkylation sites (tertiary alicyclic amines) is 1. The van der Waals surface area contributed by atoms with Crippen molar-refractivity contribution >= 4 is 16.9 Å². The lowest BCUT2D eigenvalue weighted by atomic mass is 10.0. The minimum absolute atomic E-state index is 0.0515. The van der Waals surface area contributed by atoms with E-state index in [9.17, 15) is 4.79 Å². The lowest BCUT2D eigenvalue weighted by Crippen LogP contribution is -2.44. The van der Waals surface area contributed by atoms with Crippen LogP contribution in [0.3, 0.4) is 0 Å². The predicted octanol–water partition coefficient (Wildman–Crippen LogP) is 3.21. The number of fused-ring (bicyclic) bond motifs is 1. The molecule has 7 nitrogen and oxygen atoms in total. The zero-order valence-corrected chi connectivity index (χ0v) is 15.9. The SMILES string of the molecule is CCc1nc(-c2noc3ccc(C(=O)N4CCC(N(C)C)CC4)cc23)co1. The van der Waals surface area contributed by atoms with E-state index < -0.39 is 0 Å². The van der Waals surface area contributed by atoms with Crippen LogP contribution in [-0.4, -0.2) is 59.1 Å². The van der Waals surface area contributed by atoms with Crippen LogP contribution in [0.2, 0.25) is 0 Å². The summed E-state index contributed by atoms with van der Waals surface area (Å²) in [7, 11) is 4.19. The van der Waals surface area contributed by atoms with Crippen LogP contribution in [0, 0.1) is 0 Å². The van der Waals surface area contributed by atoms with Gasteiger partial charge in [-0.15, -0.1) is 0 Å². The molecule has 3 aromatic rings. The first kappa shape index (κ1) is 17.7. The average molecular weight is 368 g/mol. The largest absolute Gasteiger partial charge is 0.448 e. The van der Waals surface area contributed by atoms with Crippen LogP contribution >= 0.6 is 0 Å². The highest BCUT2D eigenvalue weighted by atomic mass is 16.5. The zero-order chi connectivity index (χ0) is 19.0. The number of rotatable bonds is 4. The molecule has 142 valence electrons. The van der Waals surface area contributed by atoms with Gasteiger partial charge >= 0.3 is 0 Å². The second-order valence-electron chi connectivity index (χ2n) is 7.21. The monoisotopic (exact) mass is 368 g/mol. The number of nitrogens with zero attached hydrogens (tertiary/aromatic N) is 4. The number of carbonyl (C=O) groups is 1. The van der Waals surface area contributed by atoms with Gasteiger partial charge < -0.3 is 18.7 Å². The fourth-order valence-corrected chi connectivity index (χ4v) is 3.61. The molecule has 0 radical (unpaired) electrons. The van der Waals surface area contributed by atoms with E-state index in [2.05, 4.69) is 29.1 Å². The van der Waals surface area contributed by atoms with Crippen LogP contribution in [-0.2, 0) is 6.42 Å². The number of aromatic nitrogens is 2. The maximum atomic E-state index is 13.0. The summed E-state index contributed by atoms with van der Waals surface area (Å²) in [4.78, 5) is 21.6. The van der Waals surface area contributed by atoms with Crippen LogP contribution in [0.15, 0.2) is 33.4 Å². The van der Waals surface area contributed by atoms with Crippen molar-refractivity contribution in [3.8, 4) is 11.4 Å². The normalized spacial score (nSPS) is 15.8. The molecule has 0 saturated carbocycles. The number of benzene rings is 1. The van der Waals surface area contributed by atoms with Gasteiger partial charge in [0, 0.05) is 31.1 Å². The Labute approximate surface area is 157 Å². The molecule has 1 aliphatic rings. The Hall–Kier alpha value is -2.67. The van der Waals surface area contributed by atoms with E-state index in [1.165, 1.54) is 0 Å². The summed E-state index contributed by atoms with van der Waals surface area (Å²) < 4.78 is 10.8. The highest BCUT2D eigenvalue weighted by Gasteiger charge is 2.25. The van der Waals surface area contributed by atoms with Gasteiger partial charge in [-0.1, -0.05) is 12.1 Å². The molecule has 27 heavy (non-hydrogen) atoms. The fourth-order valence-electron chi connectivity index (χ4n) is 3.61. The number of hydrogen-bond donors (Lipinski definition) is 0. The highest BCUT2D eigenvalue weighted by Crippen LogP contribution is 2.29. The van der Waals surface area contributed by atoms with Gasteiger partial charge in [0.1, 0.15) is 17.7 Å². The Bertz CT molecular complexity index is 951. The summed E-state index contributed by atoms with van der Waals surface area (Å²) in [5.41, 5.74) is 2.51. The van der Waals surface area contributed by atoms with Crippen molar-refractivity contribution in [1.82, 2.24) is 19.9 Å². The van der Waals surface area contributed by atoms with Crippen molar-refractivity contribution in [1.29, 1.82) is 0 Å². The number of aryl methyl sites for hydroxylation is 1. The number of amides is 1. The van der Waals surface area contributed by atoms with Gasteiger partial charge in [0.15, 0.2) is 11.5 Å². The second kappa shape index (κ2) is 7.15. The van der Waals surface area contributed by atoms with E-state index in [4.69, 9.17) is 8.94 Å². The molecule has 4 rings (SSSR count). The molecule has 0 atom stereocenters. The fraction of sp³-hybridized carbons (Fsp3) is 0.450. The molecule has 1 amide bonds. The maximum absolute atomic E-state index is 13.0. The molecular weight excluding hydrogens is 344 g/mol. The molecule has 0 spiro atoms. The predicted molar refractivity (Wildman–Crippen MR) is 101 cm³/mol. The minimum Gasteiger partial charge on any atom is -0.448 e. The molecule has 0 unspecified atom stereocenters. The third-order valence-corrected chi connectivity index (χ3v) is 5.30. The molecule has 2 aromatic heterocycles. The van der Waals surface area contributed by atoms with Crippen LogP contribution < -0.4 is 0 Å². The highest BCUT2D eigenvalue weighted by molar-refractivity contribution is 6.00. The molecule has 3 heterocycles. The Morgan fingerprint density at radius 1 is 1.30 bits per heavy atom. The van der Waals surface area contributed by atoms with Gasteiger partial charge in [-0.05, 0) is 45.1 Å². The lowest BCUT2D eigenvalue weighted by molar-refractivity contribution is 0.0663. The Morgan fingerprint density at radius 3 is 2.74 bits per heavy atom. The first-order valence-electron chi connectivity index (χ1n) is 9.36. The first-order valence-corrected chi connectivity index (χ1v) is 9.36. The smallest absolute Gasteiger partial charge is 0.253 e. The van der Waals surface area contributed by atoms with Crippen molar-refractivity contribution in [2.45, 2.75) is 32.2 Å². The van der Waals surface area contributed by atoms with E-state index in [0.29, 0.717) is 40.9 Å². The van der Waals surface area contributed by atoms with E-state index >= 15 is 0 Å². The number of oxazole rings is 1. The van der Waals surface area contributed by atoms with Gasteiger partial charge in [-0.3, -0.25) is 4.79 Å². The van der Waals surface area contributed by atoms with Crippen molar-refractivity contribution in [2.75, 3.05) is 27.2 Å². The number of hydrogen-bond acceptors (Lipinski definition) is 6. The van der Waals surface area contributed by atoms with Gasteiger partial charge in [0.2, 0.25) is 0 Å². The lowest BCUT2D eigenvalue weighted by Gasteiger charge is -2.35. The summed E-state index contributed by atoms with van der Waals surface area (Å²) in [6.45, 7) is 3.53. The quantitative estimate of drug-likeness (QED) is 0.704. The summed E-state index contributed by atoms with van der Waals surface area (Å²) in [5, 5.41) is 4.91. The van der Waals surface area contributed by atoms with Gasteiger partial charge in [-0.2, -0.15) is 0 Å². The molecule has 0 aliphatic carbocycles. The summed E-state index contributed by atoms with van der Waals surface area (Å²) >= 11 is 0. The zero-order valence-electron chi connectivity index (χ0n) is 15.9. The summed E-state index contributed by atoms with van der Waals surface area (Å²) in [6, 6.07) is 5.99. The van der Waals surface area contributed by atoms with Crippen LogP contribution in [0.5, 0.6) is 0 Å². The molecule has 7 heteroatoms. The van der Waals surface area contributed by atoms with E-state index in [0.717, 1.165) is 31.3 Å². The summed E-state index contributed by atoms with van der Waals surface area (Å²) in [6.07, 6.45) is 4.29. The van der Waals surface area contributed by atoms with Gasteiger partial charge in [0.25, 0.3) is 5.91 Å². The maximum Gasteiger partial charge on any atom is 0.253 e. The van der Waals surface area contributed by atoms with Crippen LogP contribution in [0.1, 0.15) is 36.0 Å². The average Bonchev–Trinajstić information content (AvgIpc) is 3.33. The van der Waals surface area contributed by atoms with Crippen molar-refractivity contribution in [2.24, 2.45) is 0 Å². The molecular formula is C20H24N4O3. The molecule has 1 aliphatic heterocycles. The van der Waals surface area contributed by atoms with Crippen molar-refractivity contribution in [3.63, 3.8) is 0 Å². The Kier molecular flexibility index (Phi) is 4.70. The molecule has 0 bridgehead atoms. The van der Waals surface area contributed by atoms with Gasteiger partial charge in [0.05, 0.1) is 5.39 Å². The van der Waals surface area contributed by atoms with E-state index in [-0.39, 0.29) is 5.91 Å². The third-order valence-electron chi connectivity index (χ3n) is 5.30. The van der Waals surface area contributed by atoms with Crippen LogP contribution in [0.4, 0.5) is 0 Å². The molecule has 0 N–H and O–H groups in total. The number of piperidine rings is 1.